The number of primary amides is 2. The molecule has 0 atom stereocenters. The van der Waals surface area contributed by atoms with Gasteiger partial charge in [-0.25, -0.2) is 9.59 Å². The van der Waals surface area contributed by atoms with Crippen LogP contribution in [0.3, 0.4) is 0 Å². The highest BCUT2D eigenvalue weighted by molar-refractivity contribution is 7.52. The number of hydrogen-bond acceptors (Lipinski definition) is 5. The first-order valence-corrected chi connectivity index (χ1v) is 4.39. The van der Waals surface area contributed by atoms with Gasteiger partial charge in [0.25, 0.3) is 0 Å². The smallest absolute Gasteiger partial charge is 0.397 e. The molecule has 0 radical (unpaired) electrons. The molecule has 0 spiro atoms. The minimum absolute atomic E-state index is 1.51. The SMILES string of the molecule is NC(=O)OC(OC(N)=O)P(=O)(O)O. The van der Waals surface area contributed by atoms with Crippen molar-refractivity contribution >= 4 is 19.8 Å². The standard InChI is InChI=1S/C3H7N2O7P/c4-1(6)11-3(12-2(5)7)13(8,9)10/h3H,(H2,4,6)(H2,5,7)(H2,8,9,10). The molecule has 0 saturated carbocycles. The Morgan fingerprint density at radius 2 is 1.46 bits per heavy atom. The van der Waals surface area contributed by atoms with Gasteiger partial charge in [-0.05, 0) is 0 Å². The van der Waals surface area contributed by atoms with E-state index >= 15 is 0 Å². The molecule has 0 heterocycles. The van der Waals surface area contributed by atoms with Crippen molar-refractivity contribution in [1.29, 1.82) is 0 Å². The van der Waals surface area contributed by atoms with Crippen LogP contribution in [0.25, 0.3) is 0 Å². The fourth-order valence-corrected chi connectivity index (χ4v) is 0.843. The van der Waals surface area contributed by atoms with Crippen molar-refractivity contribution in [2.45, 2.75) is 6.03 Å². The molecule has 0 aromatic heterocycles. The van der Waals surface area contributed by atoms with Crippen molar-refractivity contribution in [1.82, 2.24) is 0 Å². The molecule has 6 N–H and O–H groups in total. The lowest BCUT2D eigenvalue weighted by molar-refractivity contribution is -0.0159. The van der Waals surface area contributed by atoms with Gasteiger partial charge < -0.3 is 30.7 Å². The molecule has 9 nitrogen and oxygen atoms in total. The largest absolute Gasteiger partial charge is 0.408 e. The molecule has 0 aliphatic heterocycles. The van der Waals surface area contributed by atoms with E-state index in [2.05, 4.69) is 20.9 Å². The summed E-state index contributed by atoms with van der Waals surface area (Å²) >= 11 is 0. The Bertz CT molecular complexity index is 242. The first-order chi connectivity index (χ1) is 5.73. The third kappa shape index (κ3) is 5.01. The van der Waals surface area contributed by atoms with E-state index in [0.717, 1.165) is 0 Å². The Morgan fingerprint density at radius 1 is 1.15 bits per heavy atom. The summed E-state index contributed by atoms with van der Waals surface area (Å²) in [7, 11) is -4.93. The number of ether oxygens (including phenoxy) is 2. The highest BCUT2D eigenvalue weighted by Crippen LogP contribution is 2.42. The zero-order chi connectivity index (χ0) is 10.6. The Hall–Kier alpha value is -1.31. The maximum absolute atomic E-state index is 10.4. The van der Waals surface area contributed by atoms with E-state index in [9.17, 15) is 14.2 Å². The summed E-state index contributed by atoms with van der Waals surface area (Å²) in [6.45, 7) is 0. The highest BCUT2D eigenvalue weighted by Gasteiger charge is 2.35. The summed E-state index contributed by atoms with van der Waals surface area (Å²) in [6.07, 6.45) is -3.01. The number of hydrogen-bond donors (Lipinski definition) is 4. The molecular weight excluding hydrogens is 207 g/mol. The van der Waals surface area contributed by atoms with Crippen molar-refractivity contribution in [3.63, 3.8) is 0 Å². The van der Waals surface area contributed by atoms with Gasteiger partial charge in [-0.3, -0.25) is 4.57 Å². The van der Waals surface area contributed by atoms with Crippen LogP contribution in [0.1, 0.15) is 0 Å². The minimum Gasteiger partial charge on any atom is -0.397 e. The first kappa shape index (κ1) is 11.7. The van der Waals surface area contributed by atoms with Gasteiger partial charge in [-0.1, -0.05) is 0 Å². The van der Waals surface area contributed by atoms with Gasteiger partial charge in [0.15, 0.2) is 0 Å². The van der Waals surface area contributed by atoms with E-state index < -0.39 is 25.8 Å². The van der Waals surface area contributed by atoms with Gasteiger partial charge in [0, 0.05) is 0 Å². The predicted octanol–water partition coefficient (Wildman–Crippen LogP) is -1.36. The van der Waals surface area contributed by atoms with E-state index in [1.165, 1.54) is 0 Å². The van der Waals surface area contributed by atoms with Crippen molar-refractivity contribution in [2.75, 3.05) is 0 Å². The normalized spacial score (nSPS) is 11.0. The molecule has 0 unspecified atom stereocenters. The van der Waals surface area contributed by atoms with Gasteiger partial charge >= 0.3 is 25.8 Å². The van der Waals surface area contributed by atoms with Crippen LogP contribution < -0.4 is 11.5 Å². The van der Waals surface area contributed by atoms with Crippen LogP contribution in [0.4, 0.5) is 9.59 Å². The van der Waals surface area contributed by atoms with Gasteiger partial charge in [-0.15, -0.1) is 0 Å². The Labute approximate surface area is 71.8 Å². The monoisotopic (exact) mass is 214 g/mol. The predicted molar refractivity (Wildman–Crippen MR) is 37.2 cm³/mol. The summed E-state index contributed by atoms with van der Waals surface area (Å²) in [4.78, 5) is 37.0. The molecule has 0 bridgehead atoms. The quantitative estimate of drug-likeness (QED) is 0.332. The topological polar surface area (TPSA) is 162 Å². The number of amides is 2. The summed E-state index contributed by atoms with van der Waals surface area (Å²) < 4.78 is 18.0. The summed E-state index contributed by atoms with van der Waals surface area (Å²) in [6, 6.07) is -2.40. The Morgan fingerprint density at radius 3 is 1.62 bits per heavy atom. The second-order valence-corrected chi connectivity index (χ2v) is 3.37. The average Bonchev–Trinajstić information content (AvgIpc) is 1.81. The molecule has 0 saturated heterocycles. The van der Waals surface area contributed by atoms with Crippen LogP contribution in [0.2, 0.25) is 0 Å². The molecule has 76 valence electrons. The zero-order valence-electron chi connectivity index (χ0n) is 6.11. The molecular formula is C3H7N2O7P. The molecule has 0 aromatic rings. The second kappa shape index (κ2) is 4.08. The molecule has 10 heteroatoms. The third-order valence-electron chi connectivity index (χ3n) is 0.709. The van der Waals surface area contributed by atoms with E-state index in [4.69, 9.17) is 9.79 Å². The Balaban J connectivity index is 4.47. The number of carbonyl (C=O) groups is 2. The maximum Gasteiger partial charge on any atom is 0.408 e. The number of carbonyl (C=O) groups excluding carboxylic acids is 2. The minimum atomic E-state index is -4.93. The van der Waals surface area contributed by atoms with Gasteiger partial charge in [-0.2, -0.15) is 0 Å². The molecule has 0 aromatic carbocycles. The lowest BCUT2D eigenvalue weighted by Crippen LogP contribution is -2.29. The van der Waals surface area contributed by atoms with Crippen molar-refractivity contribution in [3.05, 3.63) is 0 Å². The molecule has 13 heavy (non-hydrogen) atoms. The molecule has 2 amide bonds. The van der Waals surface area contributed by atoms with Crippen LogP contribution in [0.15, 0.2) is 0 Å². The molecule has 0 aliphatic carbocycles. The lowest BCUT2D eigenvalue weighted by Gasteiger charge is -2.15. The fourth-order valence-electron chi connectivity index (χ4n) is 0.360. The lowest BCUT2D eigenvalue weighted by atomic mass is 11.1. The van der Waals surface area contributed by atoms with Gasteiger partial charge in [0.1, 0.15) is 0 Å². The van der Waals surface area contributed by atoms with Crippen LogP contribution in [-0.4, -0.2) is 28.0 Å². The maximum atomic E-state index is 10.4. The van der Waals surface area contributed by atoms with Crippen molar-refractivity contribution in [3.8, 4) is 0 Å². The van der Waals surface area contributed by atoms with Gasteiger partial charge in [0.2, 0.25) is 0 Å². The molecule has 0 fully saturated rings. The summed E-state index contributed by atoms with van der Waals surface area (Å²) in [5, 5.41) is 0. The highest BCUT2D eigenvalue weighted by atomic mass is 31.2. The van der Waals surface area contributed by atoms with Gasteiger partial charge in [0.05, 0.1) is 0 Å². The number of nitrogens with two attached hydrogens (primary N) is 2. The van der Waals surface area contributed by atoms with Crippen LogP contribution in [-0.2, 0) is 14.0 Å². The molecule has 0 rings (SSSR count). The van der Waals surface area contributed by atoms with Crippen molar-refractivity contribution in [2.24, 2.45) is 11.5 Å². The fraction of sp³-hybridized carbons (Fsp3) is 0.333. The molecule has 0 aliphatic rings. The summed E-state index contributed by atoms with van der Waals surface area (Å²) in [5.41, 5.74) is 8.86. The van der Waals surface area contributed by atoms with Crippen LogP contribution in [0.5, 0.6) is 0 Å². The van der Waals surface area contributed by atoms with E-state index in [1.807, 2.05) is 0 Å². The van der Waals surface area contributed by atoms with Crippen molar-refractivity contribution < 1.29 is 33.4 Å². The summed E-state index contributed by atoms with van der Waals surface area (Å²) in [5.74, 6) is 0. The zero-order valence-corrected chi connectivity index (χ0v) is 7.01. The van der Waals surface area contributed by atoms with Crippen LogP contribution >= 0.6 is 7.60 Å². The van der Waals surface area contributed by atoms with E-state index in [0.29, 0.717) is 0 Å². The first-order valence-electron chi connectivity index (χ1n) is 2.71. The average molecular weight is 214 g/mol. The van der Waals surface area contributed by atoms with E-state index in [-0.39, 0.29) is 0 Å². The second-order valence-electron chi connectivity index (χ2n) is 1.77. The third-order valence-corrected chi connectivity index (χ3v) is 1.47. The Kier molecular flexibility index (Phi) is 3.67. The van der Waals surface area contributed by atoms with Crippen LogP contribution in [0, 0.1) is 0 Å². The van der Waals surface area contributed by atoms with E-state index in [1.54, 1.807) is 0 Å². The number of rotatable bonds is 3.